The number of nitrogens with two attached hydrogens (primary N) is 1. The number of nitrogens with one attached hydrogen (secondary N) is 1. The topological polar surface area (TPSA) is 67.6 Å². The van der Waals surface area contributed by atoms with Gasteiger partial charge in [-0.25, -0.2) is 0 Å². The van der Waals surface area contributed by atoms with Gasteiger partial charge in [0.1, 0.15) is 4.99 Å². The third-order valence-corrected chi connectivity index (χ3v) is 3.21. The molecule has 0 aliphatic rings. The zero-order valence-corrected chi connectivity index (χ0v) is 13.4. The Morgan fingerprint density at radius 1 is 1.43 bits per heavy atom. The van der Waals surface area contributed by atoms with Crippen LogP contribution in [0, 0.1) is 0 Å². The number of likely N-dealkylation sites (N-methyl/N-ethyl adjacent to an activating group) is 1. The molecule has 21 heavy (non-hydrogen) atoms. The molecule has 0 saturated carbocycles. The molecule has 0 aliphatic heterocycles. The molecule has 116 valence electrons. The number of benzene rings is 1. The second-order valence-electron chi connectivity index (χ2n) is 4.74. The highest BCUT2D eigenvalue weighted by Crippen LogP contribution is 2.11. The average molecular weight is 309 g/mol. The summed E-state index contributed by atoms with van der Waals surface area (Å²) >= 11 is 4.92. The molecule has 0 saturated heterocycles. The summed E-state index contributed by atoms with van der Waals surface area (Å²) in [4.78, 5) is 14.3. The summed E-state index contributed by atoms with van der Waals surface area (Å²) in [7, 11) is 1.97. The molecular formula is C15H23N3O2S. The summed E-state index contributed by atoms with van der Waals surface area (Å²) in [6.45, 7) is 4.87. The molecule has 1 aromatic carbocycles. The standard InChI is InChI=1S/C15H23N3O2S/c1-3-20-10-9-18(2)8-7-14(19)17-13-6-4-5-12(11-13)15(16)21/h4-6,11H,3,7-10H2,1-2H3,(H2,16,21)(H,17,19). The maximum absolute atomic E-state index is 11.9. The van der Waals surface area contributed by atoms with Crippen molar-refractivity contribution < 1.29 is 9.53 Å². The minimum absolute atomic E-state index is 0.0293. The van der Waals surface area contributed by atoms with E-state index < -0.39 is 0 Å². The van der Waals surface area contributed by atoms with Gasteiger partial charge >= 0.3 is 0 Å². The molecular weight excluding hydrogens is 286 g/mol. The molecule has 0 aliphatic carbocycles. The van der Waals surface area contributed by atoms with E-state index in [9.17, 15) is 4.79 Å². The zero-order valence-electron chi connectivity index (χ0n) is 12.6. The van der Waals surface area contributed by atoms with E-state index in [0.717, 1.165) is 12.1 Å². The number of nitrogens with zero attached hydrogens (tertiary/aromatic N) is 1. The number of anilines is 1. The van der Waals surface area contributed by atoms with E-state index in [1.54, 1.807) is 6.07 Å². The van der Waals surface area contributed by atoms with Gasteiger partial charge in [-0.2, -0.15) is 0 Å². The molecule has 1 amide bonds. The molecule has 0 atom stereocenters. The predicted octanol–water partition coefficient (Wildman–Crippen LogP) is 1.62. The number of rotatable bonds is 9. The second kappa shape index (κ2) is 9.44. The Balaban J connectivity index is 2.36. The lowest BCUT2D eigenvalue weighted by Gasteiger charge is -2.16. The van der Waals surface area contributed by atoms with E-state index in [2.05, 4.69) is 10.2 Å². The van der Waals surface area contributed by atoms with Gasteiger partial charge in [-0.3, -0.25) is 4.79 Å². The summed E-state index contributed by atoms with van der Waals surface area (Å²) in [5.74, 6) is -0.0293. The zero-order chi connectivity index (χ0) is 15.7. The fraction of sp³-hybridized carbons (Fsp3) is 0.467. The summed E-state index contributed by atoms with van der Waals surface area (Å²) in [5.41, 5.74) is 7.03. The fourth-order valence-corrected chi connectivity index (χ4v) is 1.87. The van der Waals surface area contributed by atoms with Crippen molar-refractivity contribution in [2.75, 3.05) is 38.7 Å². The summed E-state index contributed by atoms with van der Waals surface area (Å²) in [6.07, 6.45) is 0.430. The molecule has 5 nitrogen and oxygen atoms in total. The quantitative estimate of drug-likeness (QED) is 0.536. The Morgan fingerprint density at radius 2 is 2.19 bits per heavy atom. The SMILES string of the molecule is CCOCCN(C)CCC(=O)Nc1cccc(C(N)=S)c1. The van der Waals surface area contributed by atoms with E-state index >= 15 is 0 Å². The molecule has 1 rings (SSSR count). The first kappa shape index (κ1) is 17.6. The van der Waals surface area contributed by atoms with Crippen LogP contribution >= 0.6 is 12.2 Å². The molecule has 0 unspecified atom stereocenters. The molecule has 0 radical (unpaired) electrons. The van der Waals surface area contributed by atoms with Crippen molar-refractivity contribution in [1.29, 1.82) is 0 Å². The van der Waals surface area contributed by atoms with Crippen molar-refractivity contribution >= 4 is 28.8 Å². The Morgan fingerprint density at radius 3 is 2.86 bits per heavy atom. The number of hydrogen-bond acceptors (Lipinski definition) is 4. The first-order valence-corrected chi connectivity index (χ1v) is 7.39. The first-order valence-electron chi connectivity index (χ1n) is 6.99. The van der Waals surface area contributed by atoms with E-state index in [-0.39, 0.29) is 5.91 Å². The van der Waals surface area contributed by atoms with Crippen LogP contribution < -0.4 is 11.1 Å². The van der Waals surface area contributed by atoms with Gasteiger partial charge in [0.05, 0.1) is 6.61 Å². The minimum Gasteiger partial charge on any atom is -0.389 e. The van der Waals surface area contributed by atoms with Crippen LogP contribution in [0.1, 0.15) is 18.9 Å². The monoisotopic (exact) mass is 309 g/mol. The van der Waals surface area contributed by atoms with Gasteiger partial charge < -0.3 is 20.7 Å². The van der Waals surface area contributed by atoms with Crippen LogP contribution in [0.3, 0.4) is 0 Å². The van der Waals surface area contributed by atoms with Crippen LogP contribution in [0.15, 0.2) is 24.3 Å². The largest absolute Gasteiger partial charge is 0.389 e. The smallest absolute Gasteiger partial charge is 0.225 e. The first-order chi connectivity index (χ1) is 10.0. The van der Waals surface area contributed by atoms with Crippen LogP contribution in [0.5, 0.6) is 0 Å². The minimum atomic E-state index is -0.0293. The lowest BCUT2D eigenvalue weighted by Crippen LogP contribution is -2.27. The number of thiocarbonyl (C=S) groups is 1. The molecule has 0 bridgehead atoms. The maximum Gasteiger partial charge on any atom is 0.225 e. The third-order valence-electron chi connectivity index (χ3n) is 2.97. The molecule has 0 fully saturated rings. The van der Waals surface area contributed by atoms with E-state index in [1.165, 1.54) is 0 Å². The van der Waals surface area contributed by atoms with Gasteiger partial charge in [-0.1, -0.05) is 24.4 Å². The van der Waals surface area contributed by atoms with Gasteiger partial charge in [-0.05, 0) is 26.1 Å². The number of ether oxygens (including phenoxy) is 1. The van der Waals surface area contributed by atoms with Crippen molar-refractivity contribution in [2.45, 2.75) is 13.3 Å². The van der Waals surface area contributed by atoms with Crippen LogP contribution in [-0.2, 0) is 9.53 Å². The van der Waals surface area contributed by atoms with E-state index in [4.69, 9.17) is 22.7 Å². The number of carbonyl (C=O) groups excluding carboxylic acids is 1. The van der Waals surface area contributed by atoms with Crippen LogP contribution in [0.4, 0.5) is 5.69 Å². The molecule has 3 N–H and O–H groups in total. The number of hydrogen-bond donors (Lipinski definition) is 2. The average Bonchev–Trinajstić information content (AvgIpc) is 2.45. The van der Waals surface area contributed by atoms with Crippen LogP contribution in [-0.4, -0.2) is 49.1 Å². The fourth-order valence-electron chi connectivity index (χ4n) is 1.74. The lowest BCUT2D eigenvalue weighted by atomic mass is 10.2. The normalized spacial score (nSPS) is 10.6. The highest BCUT2D eigenvalue weighted by Gasteiger charge is 2.06. The van der Waals surface area contributed by atoms with E-state index in [0.29, 0.717) is 36.9 Å². The Bertz CT molecular complexity index is 480. The highest BCUT2D eigenvalue weighted by atomic mass is 32.1. The molecule has 6 heteroatoms. The summed E-state index contributed by atoms with van der Waals surface area (Å²) < 4.78 is 5.28. The van der Waals surface area contributed by atoms with Gasteiger partial charge in [0.2, 0.25) is 5.91 Å². The Kier molecular flexibility index (Phi) is 7.89. The van der Waals surface area contributed by atoms with Crippen LogP contribution in [0.2, 0.25) is 0 Å². The molecule has 0 heterocycles. The van der Waals surface area contributed by atoms with Gasteiger partial charge in [0.25, 0.3) is 0 Å². The lowest BCUT2D eigenvalue weighted by molar-refractivity contribution is -0.116. The van der Waals surface area contributed by atoms with Gasteiger partial charge in [0, 0.05) is 37.4 Å². The van der Waals surface area contributed by atoms with Crippen LogP contribution in [0.25, 0.3) is 0 Å². The Labute approximate surface area is 131 Å². The van der Waals surface area contributed by atoms with Crippen molar-refractivity contribution in [1.82, 2.24) is 4.90 Å². The molecule has 0 spiro atoms. The molecule has 1 aromatic rings. The Hall–Kier alpha value is -1.50. The van der Waals surface area contributed by atoms with Gasteiger partial charge in [0.15, 0.2) is 0 Å². The summed E-state index contributed by atoms with van der Waals surface area (Å²) in [6, 6.07) is 7.23. The van der Waals surface area contributed by atoms with Gasteiger partial charge in [-0.15, -0.1) is 0 Å². The van der Waals surface area contributed by atoms with Crippen molar-refractivity contribution in [3.63, 3.8) is 0 Å². The van der Waals surface area contributed by atoms with Crippen molar-refractivity contribution in [2.24, 2.45) is 5.73 Å². The highest BCUT2D eigenvalue weighted by molar-refractivity contribution is 7.80. The second-order valence-corrected chi connectivity index (χ2v) is 5.18. The number of carbonyl (C=O) groups is 1. The van der Waals surface area contributed by atoms with Crippen molar-refractivity contribution in [3.05, 3.63) is 29.8 Å². The van der Waals surface area contributed by atoms with E-state index in [1.807, 2.05) is 32.2 Å². The third kappa shape index (κ3) is 7.17. The number of amides is 1. The maximum atomic E-state index is 11.9. The molecule has 0 aromatic heterocycles. The van der Waals surface area contributed by atoms with Crippen molar-refractivity contribution in [3.8, 4) is 0 Å². The predicted molar refractivity (Wildman–Crippen MR) is 89.6 cm³/mol. The summed E-state index contributed by atoms with van der Waals surface area (Å²) in [5, 5.41) is 2.85.